The third-order valence-corrected chi connectivity index (χ3v) is 15.2. The Morgan fingerprint density at radius 1 is 0.375 bits per heavy atom. The highest BCUT2D eigenvalue weighted by Gasteiger charge is 2.20. The zero-order valence-electron chi connectivity index (χ0n) is 48.7. The summed E-state index contributed by atoms with van der Waals surface area (Å²) in [7, 11) is 0. The lowest BCUT2D eigenvalue weighted by Crippen LogP contribution is -2.45. The van der Waals surface area contributed by atoms with Crippen LogP contribution in [-0.4, -0.2) is 47.4 Å². The van der Waals surface area contributed by atoms with Gasteiger partial charge in [-0.15, -0.1) is 0 Å². The van der Waals surface area contributed by atoms with Crippen LogP contribution in [0.15, 0.2) is 24.3 Å². The van der Waals surface area contributed by atoms with Crippen molar-refractivity contribution in [3.8, 4) is 0 Å². The summed E-state index contributed by atoms with van der Waals surface area (Å²) in [6, 6.07) is -0.555. The quantitative estimate of drug-likeness (QED) is 0.0320. The summed E-state index contributed by atoms with van der Waals surface area (Å²) in [6.45, 7) is 4.95. The van der Waals surface area contributed by atoms with Gasteiger partial charge in [0.15, 0.2) is 0 Å². The number of ether oxygens (including phenoxy) is 1. The molecule has 2 atom stereocenters. The molecule has 6 nitrogen and oxygen atoms in total. The van der Waals surface area contributed by atoms with Crippen molar-refractivity contribution < 1.29 is 24.5 Å². The summed E-state index contributed by atoms with van der Waals surface area (Å²) >= 11 is 0. The molecule has 0 aliphatic carbocycles. The second-order valence-electron chi connectivity index (χ2n) is 22.4. The third-order valence-electron chi connectivity index (χ3n) is 15.2. The minimum atomic E-state index is -0.676. The molecule has 0 saturated heterocycles. The topological polar surface area (TPSA) is 95.9 Å². The number of nitrogens with one attached hydrogen (secondary N) is 1. The highest BCUT2D eigenvalue weighted by molar-refractivity contribution is 5.76. The van der Waals surface area contributed by atoms with E-state index in [0.717, 1.165) is 64.2 Å². The minimum absolute atomic E-state index is 0.00923. The first kappa shape index (κ1) is 70.3. The largest absolute Gasteiger partial charge is 0.466 e. The number of amides is 1. The normalized spacial score (nSPS) is 12.7. The maximum atomic E-state index is 12.5. The molecule has 0 fully saturated rings. The number of unbranched alkanes of at least 4 members (excludes halogenated alkanes) is 46. The molecule has 0 aliphatic rings. The van der Waals surface area contributed by atoms with Gasteiger partial charge in [0.2, 0.25) is 5.91 Å². The van der Waals surface area contributed by atoms with Crippen LogP contribution in [0.5, 0.6) is 0 Å². The number of esters is 1. The standard InChI is InChI=1S/C66H127NO5/c1-3-5-7-9-11-13-15-17-19-21-22-23-24-25-26-27-30-34-38-42-46-50-54-58-64(69)63(62-68)67-65(70)59-55-51-47-43-39-35-31-28-29-33-37-41-45-49-53-57-61-72-66(71)60-56-52-48-44-40-36-32-20-18-16-14-12-10-8-6-4-2/h20,28,31-32,63-64,68-69H,3-19,21-27,29-30,33-62H2,1-2H3,(H,67,70)/b31-28-,32-20-. The monoisotopic (exact) mass is 1010 g/mol. The molecule has 0 aromatic heterocycles. The van der Waals surface area contributed by atoms with E-state index in [0.29, 0.717) is 25.9 Å². The van der Waals surface area contributed by atoms with E-state index in [1.165, 1.54) is 263 Å². The second-order valence-corrected chi connectivity index (χ2v) is 22.4. The fraction of sp³-hybridized carbons (Fsp3) is 0.909. The van der Waals surface area contributed by atoms with Crippen LogP contribution in [0.1, 0.15) is 361 Å². The van der Waals surface area contributed by atoms with Crippen LogP contribution in [0.4, 0.5) is 0 Å². The van der Waals surface area contributed by atoms with Crippen molar-refractivity contribution in [3.05, 3.63) is 24.3 Å². The number of carbonyl (C=O) groups excluding carboxylic acids is 2. The van der Waals surface area contributed by atoms with E-state index in [2.05, 4.69) is 43.5 Å². The lowest BCUT2D eigenvalue weighted by molar-refractivity contribution is -0.143. The smallest absolute Gasteiger partial charge is 0.305 e. The fourth-order valence-electron chi connectivity index (χ4n) is 10.2. The molecule has 0 aromatic rings. The van der Waals surface area contributed by atoms with Gasteiger partial charge in [0.1, 0.15) is 0 Å². The lowest BCUT2D eigenvalue weighted by Gasteiger charge is -2.22. The number of hydrogen-bond acceptors (Lipinski definition) is 5. The van der Waals surface area contributed by atoms with E-state index in [-0.39, 0.29) is 18.5 Å². The zero-order valence-corrected chi connectivity index (χ0v) is 48.7. The van der Waals surface area contributed by atoms with Gasteiger partial charge >= 0.3 is 5.97 Å². The molecule has 0 heterocycles. The first-order chi connectivity index (χ1) is 35.5. The van der Waals surface area contributed by atoms with Crippen LogP contribution >= 0.6 is 0 Å². The van der Waals surface area contributed by atoms with Gasteiger partial charge < -0.3 is 20.3 Å². The third kappa shape index (κ3) is 57.6. The summed E-state index contributed by atoms with van der Waals surface area (Å²) in [5.74, 6) is -0.0577. The van der Waals surface area contributed by atoms with Crippen LogP contribution < -0.4 is 5.32 Å². The SMILES string of the molecule is CCCCCCCCC/C=C\CCCCCCCC(=O)OCCCCCCCCC/C=C\CCCCCCCC(=O)NC(CO)C(O)CCCCCCCCCCCCCCCCCCCCCCCCC. The van der Waals surface area contributed by atoms with Gasteiger partial charge in [0.05, 0.1) is 25.4 Å². The maximum Gasteiger partial charge on any atom is 0.305 e. The zero-order chi connectivity index (χ0) is 52.2. The predicted octanol–water partition coefficient (Wildman–Crippen LogP) is 20.6. The van der Waals surface area contributed by atoms with Crippen molar-refractivity contribution in [1.29, 1.82) is 0 Å². The molecule has 0 rings (SSSR count). The number of hydrogen-bond donors (Lipinski definition) is 3. The number of rotatable bonds is 61. The summed E-state index contributed by atoms with van der Waals surface area (Å²) in [5.41, 5.74) is 0. The lowest BCUT2D eigenvalue weighted by atomic mass is 10.0. The Labute approximate surface area is 450 Å². The van der Waals surface area contributed by atoms with Crippen LogP contribution in [-0.2, 0) is 14.3 Å². The highest BCUT2D eigenvalue weighted by atomic mass is 16.5. The van der Waals surface area contributed by atoms with Crippen molar-refractivity contribution in [3.63, 3.8) is 0 Å². The second kappa shape index (κ2) is 61.9. The molecule has 6 heteroatoms. The van der Waals surface area contributed by atoms with E-state index in [9.17, 15) is 19.8 Å². The average Bonchev–Trinajstić information content (AvgIpc) is 3.38. The first-order valence-electron chi connectivity index (χ1n) is 32.6. The molecule has 2 unspecified atom stereocenters. The Morgan fingerprint density at radius 3 is 0.986 bits per heavy atom. The summed E-state index contributed by atoms with van der Waals surface area (Å²) in [4.78, 5) is 24.6. The summed E-state index contributed by atoms with van der Waals surface area (Å²) in [6.07, 6.45) is 76.2. The van der Waals surface area contributed by atoms with Crippen molar-refractivity contribution in [2.75, 3.05) is 13.2 Å². The van der Waals surface area contributed by atoms with Crippen molar-refractivity contribution in [2.45, 2.75) is 373 Å². The van der Waals surface area contributed by atoms with Gasteiger partial charge in [-0.3, -0.25) is 9.59 Å². The van der Waals surface area contributed by atoms with E-state index in [1.807, 2.05) is 0 Å². The number of aliphatic hydroxyl groups excluding tert-OH is 2. The average molecular weight is 1010 g/mol. The summed E-state index contributed by atoms with van der Waals surface area (Å²) in [5, 5.41) is 23.4. The van der Waals surface area contributed by atoms with E-state index in [1.54, 1.807) is 0 Å². The van der Waals surface area contributed by atoms with Crippen LogP contribution in [0.2, 0.25) is 0 Å². The van der Waals surface area contributed by atoms with Crippen molar-refractivity contribution >= 4 is 11.9 Å². The van der Waals surface area contributed by atoms with Gasteiger partial charge in [0.25, 0.3) is 0 Å². The Kier molecular flexibility index (Phi) is 60.5. The van der Waals surface area contributed by atoms with Crippen molar-refractivity contribution in [1.82, 2.24) is 5.32 Å². The van der Waals surface area contributed by atoms with E-state index >= 15 is 0 Å². The molecule has 0 saturated carbocycles. The van der Waals surface area contributed by atoms with Crippen LogP contribution in [0.3, 0.4) is 0 Å². The number of carbonyl (C=O) groups is 2. The molecular weight excluding hydrogens is 887 g/mol. The Morgan fingerprint density at radius 2 is 0.653 bits per heavy atom. The first-order valence-corrected chi connectivity index (χ1v) is 32.6. The Balaban J connectivity index is 3.45. The Hall–Kier alpha value is -1.66. The minimum Gasteiger partial charge on any atom is -0.466 e. The van der Waals surface area contributed by atoms with Crippen LogP contribution in [0, 0.1) is 0 Å². The molecule has 0 aliphatic heterocycles. The van der Waals surface area contributed by atoms with Gasteiger partial charge in [-0.05, 0) is 77.0 Å². The molecule has 0 bridgehead atoms. The molecular formula is C66H127NO5. The molecule has 426 valence electrons. The molecule has 72 heavy (non-hydrogen) atoms. The molecule has 3 N–H and O–H groups in total. The molecule has 0 radical (unpaired) electrons. The number of allylic oxidation sites excluding steroid dienone is 4. The number of aliphatic hydroxyl groups is 2. The summed E-state index contributed by atoms with van der Waals surface area (Å²) < 4.78 is 5.48. The van der Waals surface area contributed by atoms with E-state index < -0.39 is 12.1 Å². The predicted molar refractivity (Wildman–Crippen MR) is 315 cm³/mol. The Bertz CT molecular complexity index is 1120. The van der Waals surface area contributed by atoms with Gasteiger partial charge in [-0.25, -0.2) is 0 Å². The van der Waals surface area contributed by atoms with Gasteiger partial charge in [-0.1, -0.05) is 295 Å². The van der Waals surface area contributed by atoms with Gasteiger partial charge in [-0.2, -0.15) is 0 Å². The maximum absolute atomic E-state index is 12.5. The fourth-order valence-corrected chi connectivity index (χ4v) is 10.2. The van der Waals surface area contributed by atoms with E-state index in [4.69, 9.17) is 4.74 Å². The van der Waals surface area contributed by atoms with Crippen molar-refractivity contribution in [2.24, 2.45) is 0 Å². The van der Waals surface area contributed by atoms with Crippen LogP contribution in [0.25, 0.3) is 0 Å². The highest BCUT2D eigenvalue weighted by Crippen LogP contribution is 2.18. The van der Waals surface area contributed by atoms with Gasteiger partial charge in [0, 0.05) is 12.8 Å². The molecule has 0 aromatic carbocycles. The molecule has 1 amide bonds. The molecule has 0 spiro atoms.